The Balaban J connectivity index is 1.86. The third-order valence-corrected chi connectivity index (χ3v) is 3.63. The van der Waals surface area contributed by atoms with E-state index in [1.165, 1.54) is 11.3 Å². The number of hydrogen-bond acceptors (Lipinski definition) is 3. The molecule has 5 heteroatoms. The summed E-state index contributed by atoms with van der Waals surface area (Å²) >= 11 is 3.43. The molecule has 1 N–H and O–H groups in total. The Morgan fingerprint density at radius 3 is 3.00 bits per heavy atom. The van der Waals surface area contributed by atoms with Gasteiger partial charge in [0.2, 0.25) is 0 Å². The van der Waals surface area contributed by atoms with Gasteiger partial charge in [0.05, 0.1) is 12.7 Å². The molecule has 0 amide bonds. The van der Waals surface area contributed by atoms with Gasteiger partial charge in [0.1, 0.15) is 12.4 Å². The standard InChI is InChI=1S/C15H20BrN3O/c1-3-17-10-13-11-18-19(12(13)2)7-8-20-15-6-4-5-14(16)9-15/h4-6,9,11,17H,3,7-8,10H2,1-2H3. The number of nitrogens with zero attached hydrogens (tertiary/aromatic N) is 2. The summed E-state index contributed by atoms with van der Waals surface area (Å²) in [5.41, 5.74) is 2.44. The maximum Gasteiger partial charge on any atom is 0.120 e. The van der Waals surface area contributed by atoms with Gasteiger partial charge >= 0.3 is 0 Å². The number of benzene rings is 1. The average Bonchev–Trinajstić information content (AvgIpc) is 2.78. The molecule has 2 rings (SSSR count). The highest BCUT2D eigenvalue weighted by Gasteiger charge is 2.05. The fourth-order valence-electron chi connectivity index (χ4n) is 1.95. The molecule has 0 spiro atoms. The van der Waals surface area contributed by atoms with E-state index >= 15 is 0 Å². The van der Waals surface area contributed by atoms with Crippen LogP contribution in [-0.4, -0.2) is 22.9 Å². The fraction of sp³-hybridized carbons (Fsp3) is 0.400. The van der Waals surface area contributed by atoms with Crippen LogP contribution in [0.15, 0.2) is 34.9 Å². The molecule has 0 unspecified atom stereocenters. The topological polar surface area (TPSA) is 39.1 Å². The largest absolute Gasteiger partial charge is 0.492 e. The van der Waals surface area contributed by atoms with Crippen LogP contribution >= 0.6 is 15.9 Å². The summed E-state index contributed by atoms with van der Waals surface area (Å²) < 4.78 is 8.75. The zero-order valence-corrected chi connectivity index (χ0v) is 13.5. The van der Waals surface area contributed by atoms with Crippen molar-refractivity contribution in [3.8, 4) is 5.75 Å². The molecular weight excluding hydrogens is 318 g/mol. The molecule has 0 fully saturated rings. The number of rotatable bonds is 7. The van der Waals surface area contributed by atoms with Crippen LogP contribution in [-0.2, 0) is 13.1 Å². The van der Waals surface area contributed by atoms with Gasteiger partial charge in [-0.2, -0.15) is 5.10 Å². The second-order valence-electron chi connectivity index (χ2n) is 4.56. The Kier molecular flexibility index (Phi) is 5.61. The van der Waals surface area contributed by atoms with Crippen molar-refractivity contribution in [2.24, 2.45) is 0 Å². The van der Waals surface area contributed by atoms with Crippen LogP contribution < -0.4 is 10.1 Å². The average molecular weight is 338 g/mol. The molecular formula is C15H20BrN3O. The zero-order chi connectivity index (χ0) is 14.4. The first-order valence-electron chi connectivity index (χ1n) is 6.81. The lowest BCUT2D eigenvalue weighted by atomic mass is 10.2. The lowest BCUT2D eigenvalue weighted by molar-refractivity contribution is 0.289. The monoisotopic (exact) mass is 337 g/mol. The van der Waals surface area contributed by atoms with E-state index in [0.29, 0.717) is 6.61 Å². The highest BCUT2D eigenvalue weighted by atomic mass is 79.9. The Morgan fingerprint density at radius 1 is 1.40 bits per heavy atom. The summed E-state index contributed by atoms with van der Waals surface area (Å²) in [7, 11) is 0. The van der Waals surface area contributed by atoms with Gasteiger partial charge in [0.25, 0.3) is 0 Å². The minimum Gasteiger partial charge on any atom is -0.492 e. The molecule has 0 radical (unpaired) electrons. The van der Waals surface area contributed by atoms with Gasteiger partial charge in [-0.05, 0) is 31.7 Å². The molecule has 0 aliphatic carbocycles. The van der Waals surface area contributed by atoms with E-state index in [-0.39, 0.29) is 0 Å². The van der Waals surface area contributed by atoms with Crippen LogP contribution in [0.2, 0.25) is 0 Å². The Hall–Kier alpha value is -1.33. The SMILES string of the molecule is CCNCc1cnn(CCOc2cccc(Br)c2)c1C. The lowest BCUT2D eigenvalue weighted by Gasteiger charge is -2.08. The maximum absolute atomic E-state index is 5.73. The second kappa shape index (κ2) is 7.45. The van der Waals surface area contributed by atoms with E-state index in [2.05, 4.69) is 40.2 Å². The molecule has 0 aliphatic rings. The molecule has 1 aromatic carbocycles. The van der Waals surface area contributed by atoms with Gasteiger partial charge in [0, 0.05) is 22.3 Å². The van der Waals surface area contributed by atoms with E-state index in [4.69, 9.17) is 4.74 Å². The first kappa shape index (κ1) is 15.1. The van der Waals surface area contributed by atoms with Gasteiger partial charge in [-0.15, -0.1) is 0 Å². The summed E-state index contributed by atoms with van der Waals surface area (Å²) in [6.07, 6.45) is 1.93. The molecule has 0 saturated carbocycles. The summed E-state index contributed by atoms with van der Waals surface area (Å²) in [5.74, 6) is 0.872. The summed E-state index contributed by atoms with van der Waals surface area (Å²) in [4.78, 5) is 0. The molecule has 4 nitrogen and oxygen atoms in total. The van der Waals surface area contributed by atoms with Crippen molar-refractivity contribution in [2.75, 3.05) is 13.2 Å². The Morgan fingerprint density at radius 2 is 2.25 bits per heavy atom. The molecule has 0 atom stereocenters. The molecule has 1 heterocycles. The van der Waals surface area contributed by atoms with E-state index in [1.54, 1.807) is 0 Å². The molecule has 1 aromatic heterocycles. The molecule has 20 heavy (non-hydrogen) atoms. The van der Waals surface area contributed by atoms with Crippen LogP contribution in [0.1, 0.15) is 18.2 Å². The lowest BCUT2D eigenvalue weighted by Crippen LogP contribution is -2.14. The van der Waals surface area contributed by atoms with Gasteiger partial charge < -0.3 is 10.1 Å². The summed E-state index contributed by atoms with van der Waals surface area (Å²) in [6.45, 7) is 7.40. The van der Waals surface area contributed by atoms with Crippen LogP contribution in [0.3, 0.4) is 0 Å². The minimum atomic E-state index is 0.611. The van der Waals surface area contributed by atoms with Crippen LogP contribution in [0.4, 0.5) is 0 Å². The zero-order valence-electron chi connectivity index (χ0n) is 11.9. The van der Waals surface area contributed by atoms with Crippen LogP contribution in [0.5, 0.6) is 5.75 Å². The highest BCUT2D eigenvalue weighted by Crippen LogP contribution is 2.17. The van der Waals surface area contributed by atoms with Crippen molar-refractivity contribution in [1.82, 2.24) is 15.1 Å². The smallest absolute Gasteiger partial charge is 0.120 e. The quantitative estimate of drug-likeness (QED) is 0.843. The van der Waals surface area contributed by atoms with Crippen molar-refractivity contribution >= 4 is 15.9 Å². The molecule has 0 bridgehead atoms. The minimum absolute atomic E-state index is 0.611. The summed E-state index contributed by atoms with van der Waals surface area (Å²) in [5, 5.41) is 7.72. The van der Waals surface area contributed by atoms with Crippen molar-refractivity contribution < 1.29 is 4.74 Å². The van der Waals surface area contributed by atoms with Crippen LogP contribution in [0, 0.1) is 6.92 Å². The molecule has 0 saturated heterocycles. The Bertz CT molecular complexity index is 554. The predicted molar refractivity (Wildman–Crippen MR) is 84.0 cm³/mol. The van der Waals surface area contributed by atoms with Crippen molar-refractivity contribution in [1.29, 1.82) is 0 Å². The highest BCUT2D eigenvalue weighted by molar-refractivity contribution is 9.10. The fourth-order valence-corrected chi connectivity index (χ4v) is 2.33. The van der Waals surface area contributed by atoms with Crippen LogP contribution in [0.25, 0.3) is 0 Å². The van der Waals surface area contributed by atoms with Crippen molar-refractivity contribution in [3.05, 3.63) is 46.2 Å². The number of hydrogen-bond donors (Lipinski definition) is 1. The third-order valence-electron chi connectivity index (χ3n) is 3.14. The van der Waals surface area contributed by atoms with E-state index < -0.39 is 0 Å². The molecule has 2 aromatic rings. The molecule has 108 valence electrons. The Labute approximate surface area is 128 Å². The predicted octanol–water partition coefficient (Wildman–Crippen LogP) is 3.14. The first-order chi connectivity index (χ1) is 9.70. The van der Waals surface area contributed by atoms with E-state index in [1.807, 2.05) is 35.1 Å². The van der Waals surface area contributed by atoms with E-state index in [9.17, 15) is 0 Å². The van der Waals surface area contributed by atoms with Gasteiger partial charge in [-0.1, -0.05) is 28.9 Å². The van der Waals surface area contributed by atoms with Gasteiger partial charge in [-0.25, -0.2) is 0 Å². The van der Waals surface area contributed by atoms with Gasteiger partial charge in [0.15, 0.2) is 0 Å². The first-order valence-corrected chi connectivity index (χ1v) is 7.60. The normalized spacial score (nSPS) is 10.8. The van der Waals surface area contributed by atoms with Crippen molar-refractivity contribution in [3.63, 3.8) is 0 Å². The number of ether oxygens (including phenoxy) is 1. The number of aromatic nitrogens is 2. The maximum atomic E-state index is 5.73. The second-order valence-corrected chi connectivity index (χ2v) is 5.48. The van der Waals surface area contributed by atoms with E-state index in [0.717, 1.165) is 29.9 Å². The number of nitrogens with one attached hydrogen (secondary N) is 1. The summed E-state index contributed by atoms with van der Waals surface area (Å²) in [6, 6.07) is 7.87. The third kappa shape index (κ3) is 4.08. The van der Waals surface area contributed by atoms with Crippen molar-refractivity contribution in [2.45, 2.75) is 26.9 Å². The van der Waals surface area contributed by atoms with Gasteiger partial charge in [-0.3, -0.25) is 4.68 Å². The number of halogens is 1. The molecule has 0 aliphatic heterocycles.